The van der Waals surface area contributed by atoms with Crippen LogP contribution in [0.25, 0.3) is 0 Å². The van der Waals surface area contributed by atoms with Crippen molar-refractivity contribution in [2.24, 2.45) is 0 Å². The van der Waals surface area contributed by atoms with E-state index in [0.717, 1.165) is 18.7 Å². The highest BCUT2D eigenvalue weighted by Crippen LogP contribution is 2.12. The van der Waals surface area contributed by atoms with Gasteiger partial charge in [0.25, 0.3) is 0 Å². The van der Waals surface area contributed by atoms with Gasteiger partial charge in [0.05, 0.1) is 13.2 Å². The summed E-state index contributed by atoms with van der Waals surface area (Å²) in [6.07, 6.45) is 1.30. The van der Waals surface area contributed by atoms with Crippen LogP contribution in [0, 0.1) is 6.92 Å². The molecule has 0 fully saturated rings. The van der Waals surface area contributed by atoms with Crippen molar-refractivity contribution < 1.29 is 14.3 Å². The first-order valence-electron chi connectivity index (χ1n) is 6.77. The van der Waals surface area contributed by atoms with Gasteiger partial charge in [0.2, 0.25) is 0 Å². The predicted octanol–water partition coefficient (Wildman–Crippen LogP) is 2.77. The fraction of sp³-hybridized carbons (Fsp3) is 0.533. The molecule has 0 unspecified atom stereocenters. The summed E-state index contributed by atoms with van der Waals surface area (Å²) < 4.78 is 10.4. The Kier molecular flexibility index (Phi) is 7.66. The molecular formula is C15H23NO3. The molecule has 1 N–H and O–H groups in total. The van der Waals surface area contributed by atoms with E-state index in [1.54, 1.807) is 0 Å². The summed E-state index contributed by atoms with van der Waals surface area (Å²) >= 11 is 0. The number of carbonyl (C=O) groups is 1. The molecule has 1 aromatic rings. The number of anilines is 1. The molecule has 0 amide bonds. The Morgan fingerprint density at radius 1 is 1.21 bits per heavy atom. The molecule has 0 aliphatic heterocycles. The molecule has 4 heteroatoms. The van der Waals surface area contributed by atoms with Gasteiger partial charge in [0, 0.05) is 18.7 Å². The van der Waals surface area contributed by atoms with E-state index in [2.05, 4.69) is 18.3 Å². The van der Waals surface area contributed by atoms with Crippen molar-refractivity contribution in [2.75, 3.05) is 31.7 Å². The van der Waals surface area contributed by atoms with Crippen LogP contribution in [0.1, 0.15) is 25.3 Å². The van der Waals surface area contributed by atoms with Crippen LogP contribution in [0.5, 0.6) is 0 Å². The molecule has 0 aliphatic carbocycles. The van der Waals surface area contributed by atoms with E-state index in [9.17, 15) is 4.79 Å². The smallest absolute Gasteiger partial charge is 0.305 e. The Bertz CT molecular complexity index is 379. The topological polar surface area (TPSA) is 47.6 Å². The van der Waals surface area contributed by atoms with Crippen LogP contribution in [0.3, 0.4) is 0 Å². The van der Waals surface area contributed by atoms with Crippen molar-refractivity contribution in [1.82, 2.24) is 0 Å². The van der Waals surface area contributed by atoms with Crippen molar-refractivity contribution in [1.29, 1.82) is 0 Å². The molecule has 106 valence electrons. The Morgan fingerprint density at radius 2 is 2.00 bits per heavy atom. The number of rotatable bonds is 9. The number of carbonyl (C=O) groups excluding carboxylic acids is 1. The van der Waals surface area contributed by atoms with Crippen molar-refractivity contribution in [3.63, 3.8) is 0 Å². The molecule has 0 spiro atoms. The van der Waals surface area contributed by atoms with Crippen LogP contribution in [-0.4, -0.2) is 32.3 Å². The zero-order chi connectivity index (χ0) is 13.9. The minimum atomic E-state index is -0.149. The predicted molar refractivity (Wildman–Crippen MR) is 76.4 cm³/mol. The fourth-order valence-corrected chi connectivity index (χ4v) is 1.62. The number of hydrogen-bond acceptors (Lipinski definition) is 4. The molecule has 0 radical (unpaired) electrons. The molecule has 0 bridgehead atoms. The molecule has 0 aliphatic rings. The van der Waals surface area contributed by atoms with Crippen LogP contribution < -0.4 is 5.32 Å². The van der Waals surface area contributed by atoms with E-state index in [-0.39, 0.29) is 5.97 Å². The summed E-state index contributed by atoms with van der Waals surface area (Å²) in [6.45, 7) is 6.15. The number of hydrogen-bond donors (Lipinski definition) is 1. The Labute approximate surface area is 115 Å². The van der Waals surface area contributed by atoms with Crippen molar-refractivity contribution in [3.05, 3.63) is 29.8 Å². The Morgan fingerprint density at radius 3 is 2.74 bits per heavy atom. The van der Waals surface area contributed by atoms with Gasteiger partial charge in [-0.2, -0.15) is 0 Å². The minimum absolute atomic E-state index is 0.149. The van der Waals surface area contributed by atoms with Gasteiger partial charge in [-0.05, 0) is 25.0 Å². The molecule has 1 rings (SSSR count). The van der Waals surface area contributed by atoms with Crippen LogP contribution in [0.4, 0.5) is 5.69 Å². The van der Waals surface area contributed by atoms with Gasteiger partial charge in [-0.25, -0.2) is 0 Å². The lowest BCUT2D eigenvalue weighted by molar-refractivity contribution is -0.145. The Balaban J connectivity index is 2.00. The van der Waals surface area contributed by atoms with Crippen molar-refractivity contribution in [3.8, 4) is 0 Å². The summed E-state index contributed by atoms with van der Waals surface area (Å²) in [5.74, 6) is -0.149. The van der Waals surface area contributed by atoms with Crippen LogP contribution in [0.15, 0.2) is 24.3 Å². The van der Waals surface area contributed by atoms with Crippen LogP contribution >= 0.6 is 0 Å². The van der Waals surface area contributed by atoms with Gasteiger partial charge in [-0.3, -0.25) is 4.79 Å². The average Bonchev–Trinajstić information content (AvgIpc) is 2.40. The van der Waals surface area contributed by atoms with E-state index in [1.165, 1.54) is 5.56 Å². The van der Waals surface area contributed by atoms with E-state index in [0.29, 0.717) is 26.2 Å². The van der Waals surface area contributed by atoms with Crippen molar-refractivity contribution in [2.45, 2.75) is 26.7 Å². The molecule has 0 heterocycles. The maximum absolute atomic E-state index is 11.1. The van der Waals surface area contributed by atoms with E-state index >= 15 is 0 Å². The number of aryl methyl sites for hydroxylation is 1. The third-order valence-corrected chi connectivity index (χ3v) is 2.65. The first kappa shape index (κ1) is 15.5. The largest absolute Gasteiger partial charge is 0.463 e. The van der Waals surface area contributed by atoms with Crippen molar-refractivity contribution >= 4 is 11.7 Å². The molecular weight excluding hydrogens is 242 g/mol. The maximum Gasteiger partial charge on any atom is 0.305 e. The average molecular weight is 265 g/mol. The second kappa shape index (κ2) is 9.39. The molecule has 0 saturated carbocycles. The minimum Gasteiger partial charge on any atom is -0.463 e. The molecule has 0 aromatic heterocycles. The van der Waals surface area contributed by atoms with Gasteiger partial charge >= 0.3 is 5.97 Å². The summed E-state index contributed by atoms with van der Waals surface area (Å²) in [7, 11) is 0. The maximum atomic E-state index is 11.1. The lowest BCUT2D eigenvalue weighted by atomic mass is 10.2. The van der Waals surface area contributed by atoms with Crippen LogP contribution in [-0.2, 0) is 14.3 Å². The lowest BCUT2D eigenvalue weighted by Gasteiger charge is -2.09. The van der Waals surface area contributed by atoms with E-state index < -0.39 is 0 Å². The number of esters is 1. The third kappa shape index (κ3) is 6.82. The zero-order valence-electron chi connectivity index (χ0n) is 11.8. The Hall–Kier alpha value is -1.55. The number of benzene rings is 1. The van der Waals surface area contributed by atoms with E-state index in [4.69, 9.17) is 9.47 Å². The summed E-state index contributed by atoms with van der Waals surface area (Å²) in [4.78, 5) is 11.1. The molecule has 0 saturated heterocycles. The fourth-order valence-electron chi connectivity index (χ4n) is 1.62. The molecule has 4 nitrogen and oxygen atoms in total. The van der Waals surface area contributed by atoms with Crippen LogP contribution in [0.2, 0.25) is 0 Å². The second-order valence-corrected chi connectivity index (χ2v) is 4.32. The van der Waals surface area contributed by atoms with Gasteiger partial charge < -0.3 is 14.8 Å². The molecule has 1 aromatic carbocycles. The quantitative estimate of drug-likeness (QED) is 0.551. The highest BCUT2D eigenvalue weighted by molar-refractivity contribution is 5.69. The monoisotopic (exact) mass is 265 g/mol. The number of para-hydroxylation sites is 1. The van der Waals surface area contributed by atoms with E-state index in [1.807, 2.05) is 25.1 Å². The first-order chi connectivity index (χ1) is 9.24. The standard InChI is InChI=1S/C15H23NO3/c1-3-6-15(17)19-12-11-18-10-9-16-14-8-5-4-7-13(14)2/h4-5,7-8,16H,3,6,9-12H2,1-2H3. The zero-order valence-corrected chi connectivity index (χ0v) is 11.8. The summed E-state index contributed by atoms with van der Waals surface area (Å²) in [5.41, 5.74) is 2.34. The summed E-state index contributed by atoms with van der Waals surface area (Å²) in [5, 5.41) is 3.30. The van der Waals surface area contributed by atoms with Gasteiger partial charge in [0.1, 0.15) is 6.61 Å². The number of ether oxygens (including phenoxy) is 2. The lowest BCUT2D eigenvalue weighted by Crippen LogP contribution is -2.14. The number of nitrogens with one attached hydrogen (secondary N) is 1. The highest BCUT2D eigenvalue weighted by atomic mass is 16.6. The molecule has 0 atom stereocenters. The molecule has 19 heavy (non-hydrogen) atoms. The van der Waals surface area contributed by atoms with Gasteiger partial charge in [-0.15, -0.1) is 0 Å². The first-order valence-corrected chi connectivity index (χ1v) is 6.77. The van der Waals surface area contributed by atoms with Gasteiger partial charge in [0.15, 0.2) is 0 Å². The summed E-state index contributed by atoms with van der Waals surface area (Å²) in [6, 6.07) is 8.13. The van der Waals surface area contributed by atoms with Gasteiger partial charge in [-0.1, -0.05) is 25.1 Å². The highest BCUT2D eigenvalue weighted by Gasteiger charge is 1.99. The normalized spacial score (nSPS) is 10.2. The third-order valence-electron chi connectivity index (χ3n) is 2.65. The SMILES string of the molecule is CCCC(=O)OCCOCCNc1ccccc1C. The second-order valence-electron chi connectivity index (χ2n) is 4.32.